The Morgan fingerprint density at radius 3 is 2.59 bits per heavy atom. The first-order valence-corrected chi connectivity index (χ1v) is 9.55. The molecule has 1 saturated carbocycles. The van der Waals surface area contributed by atoms with Crippen molar-refractivity contribution in [1.29, 1.82) is 0 Å². The van der Waals surface area contributed by atoms with E-state index in [1.54, 1.807) is 16.4 Å². The number of aliphatic hydroxyl groups is 1. The molecule has 0 spiro atoms. The number of aliphatic hydroxyl groups excluding tert-OH is 1. The number of rotatable bonds is 3. The van der Waals surface area contributed by atoms with Crippen LogP contribution in [0.2, 0.25) is 0 Å². The average molecular weight is 323 g/mol. The van der Waals surface area contributed by atoms with Crippen LogP contribution in [0.5, 0.6) is 0 Å². The van der Waals surface area contributed by atoms with E-state index in [0.29, 0.717) is 11.4 Å². The van der Waals surface area contributed by atoms with E-state index >= 15 is 0 Å². The molecule has 1 aromatic carbocycles. The van der Waals surface area contributed by atoms with Crippen LogP contribution < -0.4 is 0 Å². The molecule has 0 bridgehead atoms. The predicted octanol–water partition coefficient (Wildman–Crippen LogP) is 2.56. The van der Waals surface area contributed by atoms with Crippen LogP contribution in [-0.2, 0) is 10.0 Å². The predicted molar refractivity (Wildman–Crippen MR) is 86.0 cm³/mol. The molecule has 122 valence electrons. The van der Waals surface area contributed by atoms with E-state index in [9.17, 15) is 13.5 Å². The third kappa shape index (κ3) is 2.30. The zero-order valence-electron chi connectivity index (χ0n) is 13.3. The first-order valence-electron chi connectivity index (χ1n) is 8.11. The summed E-state index contributed by atoms with van der Waals surface area (Å²) in [5, 5.41) is 9.99. The second-order valence-corrected chi connectivity index (χ2v) is 8.83. The quantitative estimate of drug-likeness (QED) is 0.930. The van der Waals surface area contributed by atoms with Crippen LogP contribution in [0, 0.1) is 18.3 Å². The first kappa shape index (κ1) is 16.0. The lowest BCUT2D eigenvalue weighted by Gasteiger charge is -2.42. The lowest BCUT2D eigenvalue weighted by atomic mass is 9.67. The van der Waals surface area contributed by atoms with Gasteiger partial charge in [0.1, 0.15) is 0 Å². The highest BCUT2D eigenvalue weighted by molar-refractivity contribution is 7.89. The molecule has 1 N–H and O–H groups in total. The summed E-state index contributed by atoms with van der Waals surface area (Å²) in [5.74, 6) is 0.197. The lowest BCUT2D eigenvalue weighted by Crippen LogP contribution is -2.47. The normalized spacial score (nSPS) is 32.9. The molecule has 0 amide bonds. The molecule has 1 aromatic rings. The van der Waals surface area contributed by atoms with Gasteiger partial charge in [-0.1, -0.05) is 37.5 Å². The third-order valence-corrected chi connectivity index (χ3v) is 7.63. The van der Waals surface area contributed by atoms with E-state index in [1.807, 2.05) is 19.1 Å². The standard InChI is InChI=1S/C17H25NO3S/c1-13-6-8-15(9-7-13)22(20,21)18-11-14(2)17(12-19)10-4-3-5-16(17)18/h6-9,14,16,19H,3-5,10-12H2,1-2H3/t14-,16-,17+/m1/s1. The van der Waals surface area contributed by atoms with Crippen LogP contribution in [-0.4, -0.2) is 37.0 Å². The van der Waals surface area contributed by atoms with Gasteiger partial charge in [-0.15, -0.1) is 0 Å². The number of sulfonamides is 1. The van der Waals surface area contributed by atoms with Crippen molar-refractivity contribution < 1.29 is 13.5 Å². The van der Waals surface area contributed by atoms with Crippen LogP contribution >= 0.6 is 0 Å². The van der Waals surface area contributed by atoms with Gasteiger partial charge in [0.15, 0.2) is 0 Å². The molecule has 1 aliphatic heterocycles. The molecule has 0 radical (unpaired) electrons. The maximum atomic E-state index is 13.0. The largest absolute Gasteiger partial charge is 0.396 e. The minimum Gasteiger partial charge on any atom is -0.396 e. The molecular formula is C17H25NO3S. The van der Waals surface area contributed by atoms with E-state index in [1.165, 1.54) is 0 Å². The molecule has 1 saturated heterocycles. The Labute approximate surface area is 133 Å². The molecule has 0 unspecified atom stereocenters. The van der Waals surface area contributed by atoms with Crippen LogP contribution in [0.25, 0.3) is 0 Å². The number of nitrogens with zero attached hydrogens (tertiary/aromatic N) is 1. The van der Waals surface area contributed by atoms with Gasteiger partial charge in [-0.25, -0.2) is 8.42 Å². The van der Waals surface area contributed by atoms with Crippen molar-refractivity contribution in [2.45, 2.75) is 50.5 Å². The van der Waals surface area contributed by atoms with Crippen molar-refractivity contribution in [2.24, 2.45) is 11.3 Å². The topological polar surface area (TPSA) is 57.6 Å². The number of hydrogen-bond donors (Lipinski definition) is 1. The molecule has 1 aliphatic carbocycles. The van der Waals surface area contributed by atoms with E-state index < -0.39 is 10.0 Å². The molecule has 0 aromatic heterocycles. The minimum atomic E-state index is -3.48. The van der Waals surface area contributed by atoms with E-state index in [0.717, 1.165) is 31.2 Å². The molecule has 22 heavy (non-hydrogen) atoms. The van der Waals surface area contributed by atoms with Gasteiger partial charge in [0.2, 0.25) is 10.0 Å². The Bertz CT molecular complexity index is 640. The highest BCUT2D eigenvalue weighted by Gasteiger charge is 2.55. The van der Waals surface area contributed by atoms with Crippen LogP contribution in [0.4, 0.5) is 0 Å². The van der Waals surface area contributed by atoms with E-state index in [4.69, 9.17) is 0 Å². The Balaban J connectivity index is 1.99. The van der Waals surface area contributed by atoms with Crippen molar-refractivity contribution >= 4 is 10.0 Å². The van der Waals surface area contributed by atoms with Gasteiger partial charge in [0.05, 0.1) is 11.5 Å². The molecular weight excluding hydrogens is 298 g/mol. The second-order valence-electron chi connectivity index (χ2n) is 6.94. The molecule has 5 heteroatoms. The summed E-state index contributed by atoms with van der Waals surface area (Å²) in [6.45, 7) is 4.63. The minimum absolute atomic E-state index is 0.0625. The van der Waals surface area contributed by atoms with Crippen molar-refractivity contribution in [2.75, 3.05) is 13.2 Å². The van der Waals surface area contributed by atoms with Gasteiger partial charge in [-0.2, -0.15) is 4.31 Å². The summed E-state index contributed by atoms with van der Waals surface area (Å²) in [5.41, 5.74) is 0.798. The molecule has 2 fully saturated rings. The summed E-state index contributed by atoms with van der Waals surface area (Å²) in [4.78, 5) is 0.365. The average Bonchev–Trinajstić information content (AvgIpc) is 2.82. The Hall–Kier alpha value is -0.910. The number of benzene rings is 1. The van der Waals surface area contributed by atoms with Crippen molar-refractivity contribution in [1.82, 2.24) is 4.31 Å². The van der Waals surface area contributed by atoms with Gasteiger partial charge in [0.25, 0.3) is 0 Å². The van der Waals surface area contributed by atoms with Crippen molar-refractivity contribution in [3.05, 3.63) is 29.8 Å². The fourth-order valence-corrected chi connectivity index (χ4v) is 6.10. The number of aryl methyl sites for hydroxylation is 1. The number of hydrogen-bond acceptors (Lipinski definition) is 3. The molecule has 3 rings (SSSR count). The molecule has 3 atom stereocenters. The summed E-state index contributed by atoms with van der Waals surface area (Å²) < 4.78 is 27.8. The van der Waals surface area contributed by atoms with Gasteiger partial charge >= 0.3 is 0 Å². The highest BCUT2D eigenvalue weighted by Crippen LogP contribution is 2.51. The Kier molecular flexibility index (Phi) is 4.08. The van der Waals surface area contributed by atoms with Crippen molar-refractivity contribution in [3.63, 3.8) is 0 Å². The fraction of sp³-hybridized carbons (Fsp3) is 0.647. The van der Waals surface area contributed by atoms with Gasteiger partial charge in [0, 0.05) is 18.0 Å². The fourth-order valence-electron chi connectivity index (χ4n) is 4.28. The maximum Gasteiger partial charge on any atom is 0.243 e. The maximum absolute atomic E-state index is 13.0. The van der Waals surface area contributed by atoms with Gasteiger partial charge in [-0.3, -0.25) is 0 Å². The van der Waals surface area contributed by atoms with Crippen LogP contribution in [0.15, 0.2) is 29.2 Å². The zero-order chi connectivity index (χ0) is 16.0. The van der Waals surface area contributed by atoms with Gasteiger partial charge in [-0.05, 0) is 37.8 Å². The Morgan fingerprint density at radius 2 is 1.95 bits per heavy atom. The second kappa shape index (κ2) is 5.62. The van der Waals surface area contributed by atoms with E-state index in [-0.39, 0.29) is 24.0 Å². The smallest absolute Gasteiger partial charge is 0.243 e. The summed E-state index contributed by atoms with van der Waals surface area (Å²) in [6.07, 6.45) is 3.91. The van der Waals surface area contributed by atoms with E-state index in [2.05, 4.69) is 6.92 Å². The number of fused-ring (bicyclic) bond motifs is 1. The highest BCUT2D eigenvalue weighted by atomic mass is 32.2. The summed E-state index contributed by atoms with van der Waals surface area (Å²) >= 11 is 0. The van der Waals surface area contributed by atoms with Crippen LogP contribution in [0.3, 0.4) is 0 Å². The summed E-state index contributed by atoms with van der Waals surface area (Å²) in [6, 6.07) is 7.00. The Morgan fingerprint density at radius 1 is 1.27 bits per heavy atom. The third-order valence-electron chi connectivity index (χ3n) is 5.74. The zero-order valence-corrected chi connectivity index (χ0v) is 14.1. The molecule has 2 aliphatic rings. The van der Waals surface area contributed by atoms with Crippen molar-refractivity contribution in [3.8, 4) is 0 Å². The first-order chi connectivity index (χ1) is 10.4. The lowest BCUT2D eigenvalue weighted by molar-refractivity contribution is 0.0333. The van der Waals surface area contributed by atoms with Crippen LogP contribution in [0.1, 0.15) is 38.2 Å². The summed E-state index contributed by atoms with van der Waals surface area (Å²) in [7, 11) is -3.48. The SMILES string of the molecule is Cc1ccc(S(=O)(=O)N2C[C@@H](C)[C@@]3(CO)CCCC[C@@H]23)cc1. The monoisotopic (exact) mass is 323 g/mol. The van der Waals surface area contributed by atoms with Gasteiger partial charge < -0.3 is 5.11 Å². The molecule has 4 nitrogen and oxygen atoms in total. The molecule has 1 heterocycles.